The van der Waals surface area contributed by atoms with Crippen molar-refractivity contribution >= 4 is 0 Å². The standard InChI is InChI=1S/C3H3.Co/c1-2-3-1;/h1H,2H2;/q-1;. The van der Waals surface area contributed by atoms with E-state index in [1.807, 2.05) is 6.08 Å². The molecule has 0 aromatic rings. The van der Waals surface area contributed by atoms with Crippen molar-refractivity contribution in [1.29, 1.82) is 0 Å². The largest absolute Gasteiger partial charge is 0.502 e. The predicted molar refractivity (Wildman–Crippen MR) is 12.4 cm³/mol. The summed E-state index contributed by atoms with van der Waals surface area (Å²) in [6.07, 6.45) is 6.00. The van der Waals surface area contributed by atoms with Crippen molar-refractivity contribution < 1.29 is 16.8 Å². The van der Waals surface area contributed by atoms with Gasteiger partial charge in [0.1, 0.15) is 0 Å². The molecular formula is C3H3Co-. The Hall–Kier alpha value is 0.246. The van der Waals surface area contributed by atoms with E-state index in [0.717, 1.165) is 6.42 Å². The molecule has 0 amide bonds. The molecule has 0 saturated heterocycles. The SMILES string of the molecule is [C-]1=CC1.[Co]. The maximum atomic E-state index is 2.88. The Kier molecular flexibility index (Phi) is 1.65. The van der Waals surface area contributed by atoms with E-state index in [1.165, 1.54) is 0 Å². The maximum absolute atomic E-state index is 2.88. The first-order valence-corrected chi connectivity index (χ1v) is 1.05. The summed E-state index contributed by atoms with van der Waals surface area (Å²) >= 11 is 0. The average Bonchev–Trinajstić information content (AvgIpc) is 1.46. The van der Waals surface area contributed by atoms with Crippen LogP contribution < -0.4 is 0 Å². The third-order valence-electron chi connectivity index (χ3n) is 0.204. The molecule has 0 saturated carbocycles. The summed E-state index contributed by atoms with van der Waals surface area (Å²) in [5.41, 5.74) is 0. The molecule has 0 aliphatic heterocycles. The molecule has 0 aromatic carbocycles. The van der Waals surface area contributed by atoms with E-state index in [9.17, 15) is 0 Å². The second kappa shape index (κ2) is 1.55. The Morgan fingerprint density at radius 3 is 2.00 bits per heavy atom. The molecule has 1 aliphatic carbocycles. The van der Waals surface area contributed by atoms with Gasteiger partial charge in [-0.1, -0.05) is 0 Å². The van der Waals surface area contributed by atoms with Gasteiger partial charge >= 0.3 is 0 Å². The van der Waals surface area contributed by atoms with Crippen LogP contribution in [0.4, 0.5) is 0 Å². The van der Waals surface area contributed by atoms with Gasteiger partial charge in [-0.2, -0.15) is 0 Å². The smallest absolute Gasteiger partial charge is 0 e. The fourth-order valence-corrected chi connectivity index (χ4v) is 0. The second-order valence-electron chi connectivity index (χ2n) is 0.612. The van der Waals surface area contributed by atoms with Crippen LogP contribution >= 0.6 is 0 Å². The molecule has 1 rings (SSSR count). The summed E-state index contributed by atoms with van der Waals surface area (Å²) < 4.78 is 0. The summed E-state index contributed by atoms with van der Waals surface area (Å²) in [4.78, 5) is 0. The summed E-state index contributed by atoms with van der Waals surface area (Å²) in [5.74, 6) is 0. The van der Waals surface area contributed by atoms with Gasteiger partial charge in [0.05, 0.1) is 0 Å². The maximum Gasteiger partial charge on any atom is 0 e. The van der Waals surface area contributed by atoms with E-state index < -0.39 is 0 Å². The molecule has 0 heterocycles. The van der Waals surface area contributed by atoms with Crippen molar-refractivity contribution in [3.63, 3.8) is 0 Å². The van der Waals surface area contributed by atoms with Crippen molar-refractivity contribution in [2.24, 2.45) is 0 Å². The molecule has 25 valence electrons. The van der Waals surface area contributed by atoms with Gasteiger partial charge in [-0.3, -0.25) is 6.08 Å². The molecular weight excluding hydrogens is 95.0 g/mol. The Balaban J connectivity index is 0.0000000900. The topological polar surface area (TPSA) is 0 Å². The van der Waals surface area contributed by atoms with Gasteiger partial charge < -0.3 is 6.08 Å². The quantitative estimate of drug-likeness (QED) is 0.392. The Bertz CT molecular complexity index is 26.3. The molecule has 1 heteroatoms. The Morgan fingerprint density at radius 1 is 1.75 bits per heavy atom. The fraction of sp³-hybridized carbons (Fsp3) is 0.333. The van der Waals surface area contributed by atoms with Crippen LogP contribution in [-0.4, -0.2) is 0 Å². The number of rotatable bonds is 0. The molecule has 0 atom stereocenters. The van der Waals surface area contributed by atoms with Gasteiger partial charge in [-0.15, -0.1) is 0 Å². The number of hydrogen-bond acceptors (Lipinski definition) is 0. The number of hydrogen-bond donors (Lipinski definition) is 0. The van der Waals surface area contributed by atoms with Crippen LogP contribution in [0.3, 0.4) is 0 Å². The third kappa shape index (κ3) is 2.25. The molecule has 0 nitrogen and oxygen atoms in total. The van der Waals surface area contributed by atoms with Crippen LogP contribution in [0.15, 0.2) is 6.08 Å². The van der Waals surface area contributed by atoms with Crippen LogP contribution in [-0.2, 0) is 16.8 Å². The normalized spacial score (nSPS) is 14.0. The first-order valence-electron chi connectivity index (χ1n) is 1.05. The molecule has 0 fully saturated rings. The van der Waals surface area contributed by atoms with E-state index in [2.05, 4.69) is 6.08 Å². The Morgan fingerprint density at radius 2 is 2.00 bits per heavy atom. The summed E-state index contributed by atoms with van der Waals surface area (Å²) in [6, 6.07) is 0. The van der Waals surface area contributed by atoms with Gasteiger partial charge in [0.2, 0.25) is 0 Å². The van der Waals surface area contributed by atoms with E-state index in [1.54, 1.807) is 0 Å². The van der Waals surface area contributed by atoms with Crippen molar-refractivity contribution in [2.75, 3.05) is 0 Å². The van der Waals surface area contributed by atoms with E-state index in [0.29, 0.717) is 0 Å². The molecule has 0 N–H and O–H groups in total. The fourth-order valence-electron chi connectivity index (χ4n) is 0. The van der Waals surface area contributed by atoms with Crippen LogP contribution in [0.25, 0.3) is 0 Å². The van der Waals surface area contributed by atoms with Gasteiger partial charge in [0.25, 0.3) is 0 Å². The second-order valence-corrected chi connectivity index (χ2v) is 0.612. The minimum atomic E-state index is 0. The van der Waals surface area contributed by atoms with Crippen LogP contribution in [0.5, 0.6) is 0 Å². The van der Waals surface area contributed by atoms with Crippen LogP contribution in [0, 0.1) is 6.08 Å². The van der Waals surface area contributed by atoms with Crippen LogP contribution in [0.1, 0.15) is 6.42 Å². The van der Waals surface area contributed by atoms with E-state index >= 15 is 0 Å². The molecule has 1 aliphatic rings. The molecule has 0 unspecified atom stereocenters. The molecule has 0 bridgehead atoms. The molecule has 0 spiro atoms. The van der Waals surface area contributed by atoms with Crippen LogP contribution in [0.2, 0.25) is 0 Å². The molecule has 1 radical (unpaired) electrons. The van der Waals surface area contributed by atoms with Crippen molar-refractivity contribution in [3.05, 3.63) is 12.2 Å². The van der Waals surface area contributed by atoms with Gasteiger partial charge in [-0.25, -0.2) is 6.42 Å². The van der Waals surface area contributed by atoms with Crippen molar-refractivity contribution in [3.8, 4) is 0 Å². The monoisotopic (exact) mass is 98.0 g/mol. The molecule has 4 heavy (non-hydrogen) atoms. The van der Waals surface area contributed by atoms with Crippen molar-refractivity contribution in [2.45, 2.75) is 6.42 Å². The van der Waals surface area contributed by atoms with E-state index in [4.69, 9.17) is 0 Å². The third-order valence-corrected chi connectivity index (χ3v) is 0.204. The zero-order chi connectivity index (χ0) is 2.12. The van der Waals surface area contributed by atoms with Gasteiger partial charge in [0.15, 0.2) is 0 Å². The van der Waals surface area contributed by atoms with Crippen molar-refractivity contribution in [1.82, 2.24) is 0 Å². The minimum absolute atomic E-state index is 0. The Labute approximate surface area is 36.1 Å². The first kappa shape index (κ1) is 4.25. The first-order chi connectivity index (χ1) is 1.50. The molecule has 0 aromatic heterocycles. The summed E-state index contributed by atoms with van der Waals surface area (Å²) in [5, 5.41) is 0. The average molecular weight is 98.0 g/mol. The summed E-state index contributed by atoms with van der Waals surface area (Å²) in [6.45, 7) is 0. The summed E-state index contributed by atoms with van der Waals surface area (Å²) in [7, 11) is 0. The van der Waals surface area contributed by atoms with Gasteiger partial charge in [0, 0.05) is 16.8 Å². The van der Waals surface area contributed by atoms with E-state index in [-0.39, 0.29) is 16.8 Å². The predicted octanol–water partition coefficient (Wildman–Crippen LogP) is 0.747. The number of allylic oxidation sites excluding steroid dienone is 2. The minimum Gasteiger partial charge on any atom is -0.502 e. The zero-order valence-corrected chi connectivity index (χ0v) is 3.16. The zero-order valence-electron chi connectivity index (χ0n) is 2.12. The van der Waals surface area contributed by atoms with Gasteiger partial charge in [-0.05, 0) is 0 Å².